The molecule has 11 heteroatoms. The summed E-state index contributed by atoms with van der Waals surface area (Å²) in [4.78, 5) is 33.9. The monoisotopic (exact) mass is 507 g/mol. The van der Waals surface area contributed by atoms with Crippen LogP contribution >= 0.6 is 0 Å². The number of pyridine rings is 1. The summed E-state index contributed by atoms with van der Waals surface area (Å²) in [6, 6.07) is 17.0. The average molecular weight is 508 g/mol. The maximum atomic E-state index is 11.7. The second kappa shape index (κ2) is 11.2. The highest BCUT2D eigenvalue weighted by atomic mass is 16.5. The quantitative estimate of drug-likeness (QED) is 0.274. The molecule has 5 rings (SSSR count). The van der Waals surface area contributed by atoms with Gasteiger partial charge in [-0.25, -0.2) is 19.9 Å². The van der Waals surface area contributed by atoms with Crippen LogP contribution in [0.1, 0.15) is 12.6 Å². The third-order valence-electron chi connectivity index (χ3n) is 5.39. The van der Waals surface area contributed by atoms with Crippen molar-refractivity contribution in [2.75, 3.05) is 17.2 Å². The molecule has 0 aliphatic carbocycles. The molecule has 0 atom stereocenters. The Bertz CT molecular complexity index is 1550. The molecule has 0 aliphatic rings. The normalized spacial score (nSPS) is 10.7. The van der Waals surface area contributed by atoms with E-state index >= 15 is 0 Å². The maximum Gasteiger partial charge on any atom is 0.327 e. The zero-order valence-corrected chi connectivity index (χ0v) is 20.9. The number of esters is 1. The van der Waals surface area contributed by atoms with Crippen molar-refractivity contribution < 1.29 is 9.53 Å². The van der Waals surface area contributed by atoms with E-state index in [9.17, 15) is 4.79 Å². The summed E-state index contributed by atoms with van der Waals surface area (Å²) < 4.78 is 6.53. The smallest absolute Gasteiger partial charge is 0.327 e. The van der Waals surface area contributed by atoms with Gasteiger partial charge in [0, 0.05) is 35.5 Å². The van der Waals surface area contributed by atoms with Gasteiger partial charge in [0.05, 0.1) is 12.8 Å². The van der Waals surface area contributed by atoms with Crippen LogP contribution in [0.25, 0.3) is 22.6 Å². The van der Waals surface area contributed by atoms with Gasteiger partial charge in [0.25, 0.3) is 0 Å². The van der Waals surface area contributed by atoms with Crippen molar-refractivity contribution in [3.63, 3.8) is 0 Å². The van der Waals surface area contributed by atoms with Crippen molar-refractivity contribution in [1.82, 2.24) is 34.7 Å². The van der Waals surface area contributed by atoms with E-state index in [0.717, 1.165) is 22.5 Å². The molecule has 190 valence electrons. The molecule has 2 N–H and O–H groups in total. The number of aryl methyl sites for hydroxylation is 1. The fraction of sp³-hybridized carbons (Fsp3) is 0.148. The molecule has 11 nitrogen and oxygen atoms in total. The number of nitrogens with one attached hydrogen (secondary N) is 2. The molecule has 0 bridgehead atoms. The Morgan fingerprint density at radius 2 is 1.68 bits per heavy atom. The van der Waals surface area contributed by atoms with Crippen molar-refractivity contribution in [1.29, 1.82) is 0 Å². The molecule has 0 saturated heterocycles. The molecule has 0 fully saturated rings. The molecule has 4 aromatic heterocycles. The highest BCUT2D eigenvalue weighted by Gasteiger charge is 2.09. The molecule has 0 radical (unpaired) electrons. The minimum absolute atomic E-state index is 0.0777. The summed E-state index contributed by atoms with van der Waals surface area (Å²) >= 11 is 0. The summed E-state index contributed by atoms with van der Waals surface area (Å²) in [7, 11) is 0. The zero-order chi connectivity index (χ0) is 26.3. The van der Waals surface area contributed by atoms with Crippen molar-refractivity contribution >= 4 is 29.2 Å². The third-order valence-corrected chi connectivity index (χ3v) is 5.39. The van der Waals surface area contributed by atoms with Crippen LogP contribution in [0.2, 0.25) is 0 Å². The highest BCUT2D eigenvalue weighted by Crippen LogP contribution is 2.23. The summed E-state index contributed by atoms with van der Waals surface area (Å²) in [5, 5.41) is 10.6. The molecular formula is C27H25N9O2. The number of aromatic nitrogens is 7. The largest absolute Gasteiger partial charge is 0.465 e. The summed E-state index contributed by atoms with van der Waals surface area (Å²) in [5.41, 5.74) is 4.28. The van der Waals surface area contributed by atoms with E-state index in [1.807, 2.05) is 55.6 Å². The van der Waals surface area contributed by atoms with Crippen LogP contribution in [0.15, 0.2) is 79.4 Å². The third kappa shape index (κ3) is 6.13. The number of benzene rings is 1. The Balaban J connectivity index is 1.24. The van der Waals surface area contributed by atoms with Gasteiger partial charge in [-0.1, -0.05) is 18.2 Å². The standard InChI is InChI=1S/C27H25N9O2/c1-3-38-25(37)17-36-16-20(15-30-36)19-7-9-21(10-8-19)32-27-29-14-12-24(35-27)33-23-11-13-28-26(34-23)22-6-4-5-18(2)31-22/h4-16H,3,17H2,1-2H3,(H2,28,29,32,33,34,35). The number of nitrogens with zero attached hydrogens (tertiary/aromatic N) is 7. The van der Waals surface area contributed by atoms with Crippen LogP contribution in [-0.4, -0.2) is 47.3 Å². The average Bonchev–Trinajstić information content (AvgIpc) is 3.38. The van der Waals surface area contributed by atoms with Crippen LogP contribution in [0.3, 0.4) is 0 Å². The van der Waals surface area contributed by atoms with E-state index in [0.29, 0.717) is 35.7 Å². The Labute approximate surface area is 219 Å². The van der Waals surface area contributed by atoms with Crippen LogP contribution in [0, 0.1) is 6.92 Å². The lowest BCUT2D eigenvalue weighted by Gasteiger charge is -2.09. The lowest BCUT2D eigenvalue weighted by Crippen LogP contribution is -2.13. The van der Waals surface area contributed by atoms with Crippen LogP contribution < -0.4 is 10.6 Å². The molecule has 0 spiro atoms. The number of hydrogen-bond donors (Lipinski definition) is 2. The van der Waals surface area contributed by atoms with Gasteiger partial charge in [0.2, 0.25) is 5.95 Å². The van der Waals surface area contributed by atoms with E-state index in [4.69, 9.17) is 4.74 Å². The number of carbonyl (C=O) groups is 1. The van der Waals surface area contributed by atoms with Crippen molar-refractivity contribution in [2.24, 2.45) is 0 Å². The first-order valence-corrected chi connectivity index (χ1v) is 12.0. The molecule has 0 saturated carbocycles. The predicted molar refractivity (Wildman–Crippen MR) is 143 cm³/mol. The SMILES string of the molecule is CCOC(=O)Cn1cc(-c2ccc(Nc3nccc(Nc4ccnc(-c5cccc(C)n5)n4)n3)cc2)cn1. The van der Waals surface area contributed by atoms with Gasteiger partial charge < -0.3 is 15.4 Å². The first-order chi connectivity index (χ1) is 18.6. The minimum Gasteiger partial charge on any atom is -0.465 e. The van der Waals surface area contributed by atoms with Crippen molar-refractivity contribution in [3.8, 4) is 22.6 Å². The van der Waals surface area contributed by atoms with Crippen molar-refractivity contribution in [2.45, 2.75) is 20.4 Å². The highest BCUT2D eigenvalue weighted by molar-refractivity contribution is 5.70. The lowest BCUT2D eigenvalue weighted by atomic mass is 10.1. The van der Waals surface area contributed by atoms with E-state index in [2.05, 4.69) is 40.7 Å². The number of rotatable bonds is 9. The molecule has 0 amide bonds. The summed E-state index contributed by atoms with van der Waals surface area (Å²) in [5.74, 6) is 1.81. The van der Waals surface area contributed by atoms with Gasteiger partial charge in [0.1, 0.15) is 23.9 Å². The van der Waals surface area contributed by atoms with E-state index < -0.39 is 0 Å². The Morgan fingerprint density at radius 3 is 2.47 bits per heavy atom. The second-order valence-corrected chi connectivity index (χ2v) is 8.25. The van der Waals surface area contributed by atoms with Gasteiger partial charge >= 0.3 is 5.97 Å². The Morgan fingerprint density at radius 1 is 0.895 bits per heavy atom. The van der Waals surface area contributed by atoms with Crippen molar-refractivity contribution in [3.05, 3.63) is 85.1 Å². The molecule has 0 unspecified atom stereocenters. The summed E-state index contributed by atoms with van der Waals surface area (Å²) in [6.45, 7) is 4.13. The first-order valence-electron chi connectivity index (χ1n) is 12.0. The fourth-order valence-electron chi connectivity index (χ4n) is 3.65. The number of hydrogen-bond acceptors (Lipinski definition) is 10. The number of anilines is 4. The molecule has 4 heterocycles. The Hall–Kier alpha value is -5.19. The van der Waals surface area contributed by atoms with Crippen LogP contribution in [0.5, 0.6) is 0 Å². The topological polar surface area (TPSA) is 133 Å². The van der Waals surface area contributed by atoms with Gasteiger partial charge in [-0.05, 0) is 55.8 Å². The van der Waals surface area contributed by atoms with E-state index in [-0.39, 0.29) is 12.5 Å². The van der Waals surface area contributed by atoms with Crippen LogP contribution in [-0.2, 0) is 16.1 Å². The number of carbonyl (C=O) groups excluding carboxylic acids is 1. The molecule has 1 aromatic carbocycles. The molecule has 0 aliphatic heterocycles. The predicted octanol–water partition coefficient (Wildman–Crippen LogP) is 4.55. The van der Waals surface area contributed by atoms with Gasteiger partial charge in [-0.3, -0.25) is 9.48 Å². The van der Waals surface area contributed by atoms with E-state index in [1.54, 1.807) is 42.3 Å². The second-order valence-electron chi connectivity index (χ2n) is 8.25. The summed E-state index contributed by atoms with van der Waals surface area (Å²) in [6.07, 6.45) is 6.87. The van der Waals surface area contributed by atoms with Gasteiger partial charge in [0.15, 0.2) is 5.82 Å². The van der Waals surface area contributed by atoms with E-state index in [1.165, 1.54) is 0 Å². The van der Waals surface area contributed by atoms with Crippen LogP contribution in [0.4, 0.5) is 23.3 Å². The lowest BCUT2D eigenvalue weighted by molar-refractivity contribution is -0.144. The minimum atomic E-state index is -0.318. The maximum absolute atomic E-state index is 11.7. The molecule has 38 heavy (non-hydrogen) atoms. The first kappa shape index (κ1) is 24.5. The molecule has 5 aromatic rings. The van der Waals surface area contributed by atoms with Gasteiger partial charge in [-0.2, -0.15) is 10.1 Å². The zero-order valence-electron chi connectivity index (χ0n) is 20.9. The molecular weight excluding hydrogens is 482 g/mol. The fourth-order valence-corrected chi connectivity index (χ4v) is 3.65. The van der Waals surface area contributed by atoms with Gasteiger partial charge in [-0.15, -0.1) is 0 Å². The Kier molecular flexibility index (Phi) is 7.25. The number of ether oxygens (including phenoxy) is 1.